The number of benzene rings is 2. The Morgan fingerprint density at radius 3 is 2.27 bits per heavy atom. The molecule has 0 aliphatic heterocycles. The number of carbonyl (C=O) groups is 1. The second-order valence-electron chi connectivity index (χ2n) is 6.01. The quantitative estimate of drug-likeness (QED) is 0.599. The number of ether oxygens (including phenoxy) is 3. The third-order valence-electron chi connectivity index (χ3n) is 4.57. The Morgan fingerprint density at radius 1 is 0.923 bits per heavy atom. The molecule has 4 nitrogen and oxygen atoms in total. The van der Waals surface area contributed by atoms with Crippen molar-refractivity contribution in [1.82, 2.24) is 0 Å². The highest BCUT2D eigenvalue weighted by molar-refractivity contribution is 5.89. The summed E-state index contributed by atoms with van der Waals surface area (Å²) in [7, 11) is 4.71. The Morgan fingerprint density at radius 2 is 1.62 bits per heavy atom. The molecular formula is C22H22O4. The maximum Gasteiger partial charge on any atom is 0.330 e. The average Bonchev–Trinajstić information content (AvgIpc) is 2.71. The van der Waals surface area contributed by atoms with E-state index < -0.39 is 0 Å². The number of methoxy groups -OCH3 is 3. The Bertz CT molecular complexity index is 860. The molecule has 0 bridgehead atoms. The molecule has 0 fully saturated rings. The highest BCUT2D eigenvalue weighted by Crippen LogP contribution is 2.38. The lowest BCUT2D eigenvalue weighted by Gasteiger charge is -2.23. The fourth-order valence-electron chi connectivity index (χ4n) is 3.22. The van der Waals surface area contributed by atoms with Crippen molar-refractivity contribution in [3.63, 3.8) is 0 Å². The van der Waals surface area contributed by atoms with Gasteiger partial charge >= 0.3 is 5.97 Å². The monoisotopic (exact) mass is 350 g/mol. The normalized spacial score (nSPS) is 13.5. The molecular weight excluding hydrogens is 328 g/mol. The predicted octanol–water partition coefficient (Wildman–Crippen LogP) is 4.18. The molecule has 0 heterocycles. The topological polar surface area (TPSA) is 44.8 Å². The lowest BCUT2D eigenvalue weighted by atomic mass is 9.82. The van der Waals surface area contributed by atoms with Crippen molar-refractivity contribution in [2.45, 2.75) is 12.8 Å². The molecule has 0 atom stereocenters. The van der Waals surface area contributed by atoms with E-state index in [9.17, 15) is 4.79 Å². The van der Waals surface area contributed by atoms with Crippen LogP contribution in [0.25, 0.3) is 5.57 Å². The van der Waals surface area contributed by atoms with Gasteiger partial charge in [0.1, 0.15) is 11.5 Å². The number of rotatable bonds is 5. The van der Waals surface area contributed by atoms with Gasteiger partial charge in [-0.3, -0.25) is 0 Å². The standard InChI is InChI=1S/C22H22O4/c1-24-18-9-6-16(7-10-18)22-15(8-13-21(23)26-3)4-5-17-14-19(25-2)11-12-20(17)22/h6-14H,4-5H2,1-3H3/b13-8+. The van der Waals surface area contributed by atoms with E-state index in [4.69, 9.17) is 14.2 Å². The minimum Gasteiger partial charge on any atom is -0.497 e. The van der Waals surface area contributed by atoms with Crippen LogP contribution >= 0.6 is 0 Å². The molecule has 134 valence electrons. The summed E-state index contributed by atoms with van der Waals surface area (Å²) in [5.41, 5.74) is 5.72. The molecule has 1 aliphatic rings. The molecule has 0 spiro atoms. The van der Waals surface area contributed by atoms with E-state index in [1.165, 1.54) is 18.7 Å². The fraction of sp³-hybridized carbons (Fsp3) is 0.227. The lowest BCUT2D eigenvalue weighted by molar-refractivity contribution is -0.134. The van der Waals surface area contributed by atoms with Gasteiger partial charge in [-0.05, 0) is 64.9 Å². The van der Waals surface area contributed by atoms with Crippen LogP contribution in [0.2, 0.25) is 0 Å². The minimum atomic E-state index is -0.355. The maximum absolute atomic E-state index is 11.5. The molecule has 0 saturated heterocycles. The number of allylic oxidation sites excluding steroid dienone is 2. The molecule has 0 N–H and O–H groups in total. The zero-order chi connectivity index (χ0) is 18.5. The lowest BCUT2D eigenvalue weighted by Crippen LogP contribution is -2.06. The Kier molecular flexibility index (Phi) is 5.42. The van der Waals surface area contributed by atoms with Crippen molar-refractivity contribution < 1.29 is 19.0 Å². The van der Waals surface area contributed by atoms with Crippen LogP contribution in [0.5, 0.6) is 11.5 Å². The van der Waals surface area contributed by atoms with E-state index in [0.29, 0.717) is 0 Å². The van der Waals surface area contributed by atoms with Crippen LogP contribution < -0.4 is 9.47 Å². The Labute approximate surface area is 153 Å². The summed E-state index contributed by atoms with van der Waals surface area (Å²) in [6.45, 7) is 0. The van der Waals surface area contributed by atoms with Crippen molar-refractivity contribution in [1.29, 1.82) is 0 Å². The van der Waals surface area contributed by atoms with Crippen LogP contribution in [-0.2, 0) is 16.0 Å². The Balaban J connectivity index is 2.13. The van der Waals surface area contributed by atoms with Gasteiger partial charge in [-0.15, -0.1) is 0 Å². The third kappa shape index (κ3) is 3.64. The molecule has 3 rings (SSSR count). The van der Waals surface area contributed by atoms with Gasteiger partial charge in [0.15, 0.2) is 0 Å². The molecule has 2 aromatic carbocycles. The molecule has 2 aromatic rings. The number of aryl methyl sites for hydroxylation is 1. The van der Waals surface area contributed by atoms with Crippen LogP contribution in [0.1, 0.15) is 23.1 Å². The van der Waals surface area contributed by atoms with E-state index in [2.05, 4.69) is 12.1 Å². The van der Waals surface area contributed by atoms with Crippen molar-refractivity contribution in [2.75, 3.05) is 21.3 Å². The zero-order valence-electron chi connectivity index (χ0n) is 15.2. The summed E-state index contributed by atoms with van der Waals surface area (Å²) in [5.74, 6) is 1.31. The fourth-order valence-corrected chi connectivity index (χ4v) is 3.22. The van der Waals surface area contributed by atoms with Crippen LogP contribution in [0, 0.1) is 0 Å². The highest BCUT2D eigenvalue weighted by Gasteiger charge is 2.20. The molecule has 0 amide bonds. The van der Waals surface area contributed by atoms with Gasteiger partial charge in [-0.2, -0.15) is 0 Å². The first kappa shape index (κ1) is 17.8. The first-order valence-corrected chi connectivity index (χ1v) is 8.47. The van der Waals surface area contributed by atoms with Crippen LogP contribution in [0.3, 0.4) is 0 Å². The Hall–Kier alpha value is -3.01. The maximum atomic E-state index is 11.5. The first-order chi connectivity index (χ1) is 12.7. The second kappa shape index (κ2) is 7.91. The van der Waals surface area contributed by atoms with E-state index in [1.54, 1.807) is 14.2 Å². The summed E-state index contributed by atoms with van der Waals surface area (Å²) < 4.78 is 15.4. The van der Waals surface area contributed by atoms with Crippen LogP contribution in [0.15, 0.2) is 60.2 Å². The molecule has 0 aromatic heterocycles. The van der Waals surface area contributed by atoms with Gasteiger partial charge in [0.25, 0.3) is 0 Å². The van der Waals surface area contributed by atoms with Gasteiger partial charge < -0.3 is 14.2 Å². The van der Waals surface area contributed by atoms with Crippen molar-refractivity contribution in [2.24, 2.45) is 0 Å². The molecule has 0 unspecified atom stereocenters. The molecule has 0 saturated carbocycles. The van der Waals surface area contributed by atoms with Crippen LogP contribution in [0.4, 0.5) is 0 Å². The number of hydrogen-bond donors (Lipinski definition) is 0. The van der Waals surface area contributed by atoms with Gasteiger partial charge in [0.2, 0.25) is 0 Å². The van der Waals surface area contributed by atoms with Crippen molar-refractivity contribution >= 4 is 11.5 Å². The SMILES string of the molecule is COC(=O)/C=C/C1=C(c2ccc(OC)cc2)c2ccc(OC)cc2CC1. The summed E-state index contributed by atoms with van der Waals surface area (Å²) in [6, 6.07) is 14.1. The van der Waals surface area contributed by atoms with Crippen LogP contribution in [-0.4, -0.2) is 27.3 Å². The molecule has 0 radical (unpaired) electrons. The van der Waals surface area contributed by atoms with E-state index >= 15 is 0 Å². The molecule has 26 heavy (non-hydrogen) atoms. The van der Waals surface area contributed by atoms with Crippen molar-refractivity contribution in [3.8, 4) is 11.5 Å². The average molecular weight is 350 g/mol. The summed E-state index contributed by atoms with van der Waals surface area (Å²) >= 11 is 0. The zero-order valence-corrected chi connectivity index (χ0v) is 15.2. The number of esters is 1. The number of fused-ring (bicyclic) bond motifs is 1. The van der Waals surface area contributed by atoms with E-state index in [0.717, 1.165) is 46.6 Å². The van der Waals surface area contributed by atoms with Gasteiger partial charge in [-0.25, -0.2) is 4.79 Å². The summed E-state index contributed by atoms with van der Waals surface area (Å²) in [5, 5.41) is 0. The van der Waals surface area contributed by atoms with Gasteiger partial charge in [-0.1, -0.05) is 24.3 Å². The third-order valence-corrected chi connectivity index (χ3v) is 4.57. The second-order valence-corrected chi connectivity index (χ2v) is 6.01. The smallest absolute Gasteiger partial charge is 0.330 e. The van der Waals surface area contributed by atoms with Gasteiger partial charge in [0, 0.05) is 6.08 Å². The molecule has 1 aliphatic carbocycles. The minimum absolute atomic E-state index is 0.355. The summed E-state index contributed by atoms with van der Waals surface area (Å²) in [6.07, 6.45) is 5.08. The molecule has 4 heteroatoms. The largest absolute Gasteiger partial charge is 0.497 e. The number of hydrogen-bond acceptors (Lipinski definition) is 4. The predicted molar refractivity (Wildman–Crippen MR) is 101 cm³/mol. The van der Waals surface area contributed by atoms with E-state index in [1.807, 2.05) is 36.4 Å². The number of carbonyl (C=O) groups excluding carboxylic acids is 1. The summed E-state index contributed by atoms with van der Waals surface area (Å²) in [4.78, 5) is 11.5. The van der Waals surface area contributed by atoms with E-state index in [-0.39, 0.29) is 5.97 Å². The van der Waals surface area contributed by atoms with Gasteiger partial charge in [0.05, 0.1) is 21.3 Å². The van der Waals surface area contributed by atoms with Crippen molar-refractivity contribution in [3.05, 3.63) is 76.9 Å². The highest BCUT2D eigenvalue weighted by atomic mass is 16.5. The first-order valence-electron chi connectivity index (χ1n) is 8.47.